The van der Waals surface area contributed by atoms with Crippen LogP contribution in [0.4, 0.5) is 0 Å². The van der Waals surface area contributed by atoms with Crippen LogP contribution in [-0.2, 0) is 13.5 Å². The van der Waals surface area contributed by atoms with Gasteiger partial charge in [0.05, 0.1) is 5.69 Å². The highest BCUT2D eigenvalue weighted by atomic mass is 79.9. The van der Waals surface area contributed by atoms with Gasteiger partial charge in [0.2, 0.25) is 0 Å². The molecule has 0 aliphatic rings. The monoisotopic (exact) mass is 350 g/mol. The standard InChI is InChI=1S/C16H23BrN4/c1-12(2)9-18-10-14(8-16-11-21(3)20-19-16)13-4-6-15(17)7-5-13/h4-7,11-12,14,18H,8-10H2,1-3H3. The number of hydrogen-bond acceptors (Lipinski definition) is 3. The molecule has 114 valence electrons. The Morgan fingerprint density at radius 1 is 1.19 bits per heavy atom. The second-order valence-corrected chi connectivity index (χ2v) is 6.80. The van der Waals surface area contributed by atoms with E-state index in [1.54, 1.807) is 4.68 Å². The molecular formula is C16H23BrN4. The van der Waals surface area contributed by atoms with Gasteiger partial charge in [0.15, 0.2) is 0 Å². The fraction of sp³-hybridized carbons (Fsp3) is 0.500. The lowest BCUT2D eigenvalue weighted by Gasteiger charge is -2.18. The van der Waals surface area contributed by atoms with Crippen LogP contribution in [0.2, 0.25) is 0 Å². The third-order valence-electron chi connectivity index (χ3n) is 3.39. The number of aromatic nitrogens is 3. The molecule has 1 atom stereocenters. The predicted octanol–water partition coefficient (Wildman–Crippen LogP) is 3.15. The quantitative estimate of drug-likeness (QED) is 0.833. The zero-order chi connectivity index (χ0) is 15.2. The number of nitrogens with one attached hydrogen (secondary N) is 1. The van der Waals surface area contributed by atoms with Crippen LogP contribution >= 0.6 is 15.9 Å². The molecule has 0 aliphatic heterocycles. The molecule has 1 unspecified atom stereocenters. The summed E-state index contributed by atoms with van der Waals surface area (Å²) < 4.78 is 2.87. The number of aryl methyl sites for hydroxylation is 1. The average molecular weight is 351 g/mol. The Morgan fingerprint density at radius 3 is 2.48 bits per heavy atom. The van der Waals surface area contributed by atoms with Crippen LogP contribution < -0.4 is 5.32 Å². The van der Waals surface area contributed by atoms with E-state index in [4.69, 9.17) is 0 Å². The van der Waals surface area contributed by atoms with Crippen molar-refractivity contribution in [3.63, 3.8) is 0 Å². The molecule has 2 rings (SSSR count). The molecular weight excluding hydrogens is 328 g/mol. The summed E-state index contributed by atoms with van der Waals surface area (Å²) in [5, 5.41) is 11.8. The van der Waals surface area contributed by atoms with Gasteiger partial charge in [-0.2, -0.15) is 0 Å². The summed E-state index contributed by atoms with van der Waals surface area (Å²) >= 11 is 3.50. The van der Waals surface area contributed by atoms with Crippen LogP contribution in [0.25, 0.3) is 0 Å². The molecule has 0 amide bonds. The summed E-state index contributed by atoms with van der Waals surface area (Å²) in [4.78, 5) is 0. The van der Waals surface area contributed by atoms with E-state index in [2.05, 4.69) is 69.7 Å². The molecule has 21 heavy (non-hydrogen) atoms. The van der Waals surface area contributed by atoms with Crippen LogP contribution in [0, 0.1) is 5.92 Å². The third-order valence-corrected chi connectivity index (χ3v) is 3.92. The van der Waals surface area contributed by atoms with Crippen LogP contribution in [0.5, 0.6) is 0 Å². The molecule has 0 bridgehead atoms. The van der Waals surface area contributed by atoms with E-state index >= 15 is 0 Å². The van der Waals surface area contributed by atoms with Gasteiger partial charge in [-0.25, -0.2) is 0 Å². The smallest absolute Gasteiger partial charge is 0.0833 e. The Hall–Kier alpha value is -1.20. The number of hydrogen-bond donors (Lipinski definition) is 1. The van der Waals surface area contributed by atoms with Crippen molar-refractivity contribution in [1.29, 1.82) is 0 Å². The van der Waals surface area contributed by atoms with Gasteiger partial charge in [-0.15, -0.1) is 5.10 Å². The minimum Gasteiger partial charge on any atom is -0.316 e. The molecule has 2 aromatic rings. The lowest BCUT2D eigenvalue weighted by molar-refractivity contribution is 0.512. The van der Waals surface area contributed by atoms with E-state index < -0.39 is 0 Å². The van der Waals surface area contributed by atoms with Crippen LogP contribution in [0.3, 0.4) is 0 Å². The predicted molar refractivity (Wildman–Crippen MR) is 89.3 cm³/mol. The molecule has 0 saturated heterocycles. The lowest BCUT2D eigenvalue weighted by Crippen LogP contribution is -2.26. The van der Waals surface area contributed by atoms with Crippen molar-refractivity contribution in [3.8, 4) is 0 Å². The molecule has 0 radical (unpaired) electrons. The fourth-order valence-corrected chi connectivity index (χ4v) is 2.59. The first-order valence-corrected chi connectivity index (χ1v) is 8.15. The maximum absolute atomic E-state index is 4.22. The Labute approximate surface area is 135 Å². The van der Waals surface area contributed by atoms with Crippen LogP contribution in [-0.4, -0.2) is 28.1 Å². The molecule has 1 heterocycles. The van der Waals surface area contributed by atoms with Gasteiger partial charge in [0.1, 0.15) is 0 Å². The molecule has 5 heteroatoms. The van der Waals surface area contributed by atoms with Gasteiger partial charge < -0.3 is 5.32 Å². The van der Waals surface area contributed by atoms with E-state index in [1.807, 2.05) is 13.2 Å². The van der Waals surface area contributed by atoms with Crippen molar-refractivity contribution in [2.45, 2.75) is 26.2 Å². The normalized spacial score (nSPS) is 12.8. The number of benzene rings is 1. The lowest BCUT2D eigenvalue weighted by atomic mass is 9.94. The Morgan fingerprint density at radius 2 is 1.90 bits per heavy atom. The third kappa shape index (κ3) is 5.25. The zero-order valence-electron chi connectivity index (χ0n) is 12.9. The topological polar surface area (TPSA) is 42.7 Å². The summed E-state index contributed by atoms with van der Waals surface area (Å²) in [5.74, 6) is 1.07. The maximum Gasteiger partial charge on any atom is 0.0833 e. The summed E-state index contributed by atoms with van der Waals surface area (Å²) in [6, 6.07) is 8.56. The SMILES string of the molecule is CC(C)CNCC(Cc1cn(C)nn1)c1ccc(Br)cc1. The van der Waals surface area contributed by atoms with Crippen molar-refractivity contribution >= 4 is 15.9 Å². The van der Waals surface area contributed by atoms with Gasteiger partial charge in [0, 0.05) is 36.6 Å². The Balaban J connectivity index is 2.07. The second kappa shape index (κ2) is 7.71. The summed E-state index contributed by atoms with van der Waals surface area (Å²) in [6.07, 6.45) is 2.90. The average Bonchev–Trinajstić information content (AvgIpc) is 2.84. The largest absolute Gasteiger partial charge is 0.316 e. The summed E-state index contributed by atoms with van der Waals surface area (Å²) in [5.41, 5.74) is 2.37. The molecule has 4 nitrogen and oxygen atoms in total. The first kappa shape index (κ1) is 16.2. The van der Waals surface area contributed by atoms with Crippen LogP contribution in [0.1, 0.15) is 31.0 Å². The Kier molecular flexibility index (Phi) is 5.94. The number of rotatable bonds is 7. The molecule has 1 aromatic carbocycles. The van der Waals surface area contributed by atoms with Gasteiger partial charge in [0.25, 0.3) is 0 Å². The van der Waals surface area contributed by atoms with E-state index in [-0.39, 0.29) is 0 Å². The summed E-state index contributed by atoms with van der Waals surface area (Å²) in [7, 11) is 1.90. The Bertz CT molecular complexity index is 548. The zero-order valence-corrected chi connectivity index (χ0v) is 14.5. The van der Waals surface area contributed by atoms with E-state index in [9.17, 15) is 0 Å². The second-order valence-electron chi connectivity index (χ2n) is 5.89. The van der Waals surface area contributed by atoms with Crippen molar-refractivity contribution in [1.82, 2.24) is 20.3 Å². The highest BCUT2D eigenvalue weighted by Gasteiger charge is 2.14. The van der Waals surface area contributed by atoms with Crippen molar-refractivity contribution in [2.24, 2.45) is 13.0 Å². The highest BCUT2D eigenvalue weighted by molar-refractivity contribution is 9.10. The minimum absolute atomic E-state index is 0.411. The first-order chi connectivity index (χ1) is 10.0. The molecule has 0 aliphatic carbocycles. The van der Waals surface area contributed by atoms with Gasteiger partial charge in [-0.3, -0.25) is 4.68 Å². The highest BCUT2D eigenvalue weighted by Crippen LogP contribution is 2.21. The first-order valence-electron chi connectivity index (χ1n) is 7.36. The van der Waals surface area contributed by atoms with Gasteiger partial charge >= 0.3 is 0 Å². The molecule has 0 saturated carbocycles. The van der Waals surface area contributed by atoms with E-state index in [1.165, 1.54) is 5.56 Å². The molecule has 0 fully saturated rings. The number of nitrogens with zero attached hydrogens (tertiary/aromatic N) is 3. The molecule has 1 N–H and O–H groups in total. The molecule has 0 spiro atoms. The molecule has 1 aromatic heterocycles. The maximum atomic E-state index is 4.22. The summed E-state index contributed by atoms with van der Waals surface area (Å²) in [6.45, 7) is 6.44. The van der Waals surface area contributed by atoms with Crippen LogP contribution in [0.15, 0.2) is 34.9 Å². The van der Waals surface area contributed by atoms with Crippen molar-refractivity contribution < 1.29 is 0 Å². The van der Waals surface area contributed by atoms with Crippen molar-refractivity contribution in [2.75, 3.05) is 13.1 Å². The fourth-order valence-electron chi connectivity index (χ4n) is 2.33. The van der Waals surface area contributed by atoms with E-state index in [0.29, 0.717) is 11.8 Å². The van der Waals surface area contributed by atoms with Crippen molar-refractivity contribution in [3.05, 3.63) is 46.2 Å². The minimum atomic E-state index is 0.411. The van der Waals surface area contributed by atoms with E-state index in [0.717, 1.165) is 29.7 Å². The van der Waals surface area contributed by atoms with Gasteiger partial charge in [-0.1, -0.05) is 47.1 Å². The number of halogens is 1. The van der Waals surface area contributed by atoms with Gasteiger partial charge in [-0.05, 0) is 30.2 Å².